The van der Waals surface area contributed by atoms with Crippen molar-refractivity contribution in [3.63, 3.8) is 0 Å². The molecule has 0 bridgehead atoms. The van der Waals surface area contributed by atoms with Crippen molar-refractivity contribution >= 4 is 53.9 Å². The summed E-state index contributed by atoms with van der Waals surface area (Å²) in [5, 5.41) is 11.0. The van der Waals surface area contributed by atoms with Gasteiger partial charge in [-0.1, -0.05) is 133 Å². The fourth-order valence-corrected chi connectivity index (χ4v) is 7.63. The zero-order valence-corrected chi connectivity index (χ0v) is 26.8. The van der Waals surface area contributed by atoms with Crippen molar-refractivity contribution in [3.05, 3.63) is 182 Å². The van der Waals surface area contributed by atoms with E-state index in [1.165, 1.54) is 26.9 Å². The first-order chi connectivity index (χ1) is 26.9. The number of hydrogen-bond acceptors (Lipinski definition) is 2. The predicted octanol–water partition coefficient (Wildman–Crippen LogP) is 12.9. The van der Waals surface area contributed by atoms with E-state index in [1.54, 1.807) is 12.4 Å². The molecule has 0 saturated carbocycles. The third-order valence-electron chi connectivity index (χ3n) is 9.88. The molecule has 0 fully saturated rings. The van der Waals surface area contributed by atoms with Gasteiger partial charge in [-0.15, -0.1) is 0 Å². The van der Waals surface area contributed by atoms with Gasteiger partial charge in [0.05, 0.1) is 12.5 Å². The van der Waals surface area contributed by atoms with E-state index in [2.05, 4.69) is 96.0 Å². The summed E-state index contributed by atoms with van der Waals surface area (Å²) < 4.78 is 42.4. The van der Waals surface area contributed by atoms with Gasteiger partial charge in [0.15, 0.2) is 0 Å². The van der Waals surface area contributed by atoms with Crippen LogP contribution in [0, 0.1) is 0 Å². The fourth-order valence-electron chi connectivity index (χ4n) is 7.63. The van der Waals surface area contributed by atoms with Gasteiger partial charge >= 0.3 is 0 Å². The van der Waals surface area contributed by atoms with Crippen molar-refractivity contribution in [2.45, 2.75) is 0 Å². The van der Waals surface area contributed by atoms with Crippen molar-refractivity contribution in [2.75, 3.05) is 0 Å². The molecule has 0 aliphatic rings. The predicted molar refractivity (Wildman–Crippen MR) is 211 cm³/mol. The second-order valence-corrected chi connectivity index (χ2v) is 12.6. The molecule has 0 unspecified atom stereocenters. The number of fused-ring (bicyclic) bond motifs is 7. The highest BCUT2D eigenvalue weighted by atomic mass is 14.7. The smallest absolute Gasteiger partial charge is 0.0714 e. The molecule has 0 radical (unpaired) electrons. The van der Waals surface area contributed by atoms with Crippen LogP contribution in [0.2, 0.25) is 0 Å². The van der Waals surface area contributed by atoms with Gasteiger partial charge in [-0.05, 0) is 112 Å². The van der Waals surface area contributed by atoms with E-state index in [0.717, 1.165) is 60.4 Å². The molecule has 50 heavy (non-hydrogen) atoms. The number of hydrogen-bond donors (Lipinski definition) is 0. The zero-order valence-electron chi connectivity index (χ0n) is 31.8. The van der Waals surface area contributed by atoms with Crippen LogP contribution in [-0.4, -0.2) is 9.97 Å². The molecule has 0 atom stereocenters. The summed E-state index contributed by atoms with van der Waals surface area (Å²) in [6.07, 6.45) is 5.50. The molecule has 10 rings (SSSR count). The van der Waals surface area contributed by atoms with Gasteiger partial charge in [0.25, 0.3) is 0 Å². The largest absolute Gasteiger partial charge is 0.265 e. The van der Waals surface area contributed by atoms with Crippen molar-refractivity contribution < 1.29 is 6.85 Å². The Labute approximate surface area is 297 Å². The maximum Gasteiger partial charge on any atom is 0.0714 e. The highest BCUT2D eigenvalue weighted by molar-refractivity contribution is 6.23. The van der Waals surface area contributed by atoms with Crippen LogP contribution in [0.3, 0.4) is 0 Å². The third kappa shape index (κ3) is 4.50. The molecule has 0 amide bonds. The maximum absolute atomic E-state index is 8.74. The standard InChI is InChI=1S/C48H30N2/c1-2-10-31(11-3-1)34-19-22-42-45(28-34)47(33-24-26-49-27-25-33)40-16-8-9-17-41(40)48(42)46-23-20-35(30-50-46)43-29-44-36-13-5-4-12-32(36)18-21-39(44)37-14-6-7-15-38(37)43/h1-30H/i1D,2D,3D,10D,11D. The van der Waals surface area contributed by atoms with Gasteiger partial charge in [0.1, 0.15) is 0 Å². The Morgan fingerprint density at radius 2 is 1.04 bits per heavy atom. The molecule has 8 aromatic carbocycles. The first kappa shape index (κ1) is 23.6. The van der Waals surface area contributed by atoms with Crippen LogP contribution in [0.4, 0.5) is 0 Å². The summed E-state index contributed by atoms with van der Waals surface area (Å²) in [5.74, 6) is 0. The van der Waals surface area contributed by atoms with Crippen LogP contribution in [0.25, 0.3) is 98.5 Å². The topological polar surface area (TPSA) is 25.8 Å². The Balaban J connectivity index is 1.22. The van der Waals surface area contributed by atoms with E-state index in [-0.39, 0.29) is 29.7 Å². The zero-order chi connectivity index (χ0) is 37.4. The van der Waals surface area contributed by atoms with Gasteiger partial charge in [-0.3, -0.25) is 9.97 Å². The lowest BCUT2D eigenvalue weighted by atomic mass is 9.86. The van der Waals surface area contributed by atoms with E-state index >= 15 is 0 Å². The summed E-state index contributed by atoms with van der Waals surface area (Å²) in [6.45, 7) is 0. The van der Waals surface area contributed by atoms with Gasteiger partial charge in [0.2, 0.25) is 0 Å². The Morgan fingerprint density at radius 1 is 0.400 bits per heavy atom. The number of nitrogens with zero attached hydrogens (tertiary/aromatic N) is 2. The Hall–Kier alpha value is -6.64. The van der Waals surface area contributed by atoms with Gasteiger partial charge in [-0.25, -0.2) is 0 Å². The number of benzene rings is 8. The maximum atomic E-state index is 8.74. The third-order valence-corrected chi connectivity index (χ3v) is 9.88. The van der Waals surface area contributed by atoms with Crippen LogP contribution in [0.1, 0.15) is 6.85 Å². The highest BCUT2D eigenvalue weighted by Crippen LogP contribution is 2.45. The average molecular weight is 640 g/mol. The van der Waals surface area contributed by atoms with Crippen LogP contribution >= 0.6 is 0 Å². The summed E-state index contributed by atoms with van der Waals surface area (Å²) in [5.41, 5.74) is 6.53. The van der Waals surface area contributed by atoms with E-state index in [1.807, 2.05) is 48.7 Å². The normalized spacial score (nSPS) is 13.0. The molecule has 2 heteroatoms. The molecule has 0 aliphatic heterocycles. The van der Waals surface area contributed by atoms with Gasteiger partial charge in [0, 0.05) is 29.7 Å². The van der Waals surface area contributed by atoms with Gasteiger partial charge in [-0.2, -0.15) is 0 Å². The second-order valence-electron chi connectivity index (χ2n) is 12.6. The van der Waals surface area contributed by atoms with Gasteiger partial charge < -0.3 is 0 Å². The minimum atomic E-state index is -0.412. The molecule has 232 valence electrons. The number of pyridine rings is 2. The highest BCUT2D eigenvalue weighted by Gasteiger charge is 2.19. The summed E-state index contributed by atoms with van der Waals surface area (Å²) in [4.78, 5) is 9.46. The molecular formula is C48H30N2. The first-order valence-corrected chi connectivity index (χ1v) is 16.6. The second kappa shape index (κ2) is 11.5. The summed E-state index contributed by atoms with van der Waals surface area (Å²) >= 11 is 0. The number of rotatable bonds is 4. The summed E-state index contributed by atoms with van der Waals surface area (Å²) in [7, 11) is 0. The molecule has 0 aliphatic carbocycles. The lowest BCUT2D eigenvalue weighted by Crippen LogP contribution is -1.94. The first-order valence-electron chi connectivity index (χ1n) is 19.1. The average Bonchev–Trinajstić information content (AvgIpc) is 3.24. The van der Waals surface area contributed by atoms with E-state index in [0.29, 0.717) is 5.56 Å². The van der Waals surface area contributed by atoms with Crippen molar-refractivity contribution in [1.82, 2.24) is 9.97 Å². The van der Waals surface area contributed by atoms with Crippen LogP contribution in [0.5, 0.6) is 0 Å². The Morgan fingerprint density at radius 3 is 1.82 bits per heavy atom. The minimum absolute atomic E-state index is 0.168. The van der Waals surface area contributed by atoms with Crippen LogP contribution < -0.4 is 0 Å². The van der Waals surface area contributed by atoms with E-state index in [9.17, 15) is 0 Å². The fraction of sp³-hybridized carbons (Fsp3) is 0. The van der Waals surface area contributed by atoms with E-state index < -0.39 is 6.04 Å². The Kier molecular flexibility index (Phi) is 5.44. The lowest BCUT2D eigenvalue weighted by Gasteiger charge is -2.18. The molecule has 0 N–H and O–H groups in total. The molecule has 10 aromatic rings. The van der Waals surface area contributed by atoms with E-state index in [4.69, 9.17) is 11.8 Å². The quantitative estimate of drug-likeness (QED) is 0.141. The van der Waals surface area contributed by atoms with Crippen LogP contribution in [-0.2, 0) is 0 Å². The SMILES string of the molecule is [2H]c1c([2H])c([2H])c(-c2ccc3c(-c4ccc(-c5cc6c7ccccc7ccc6c6ccccc56)cn4)c4ccccc4c(-c4ccncc4)c3c2)c([2H])c1[2H]. The van der Waals surface area contributed by atoms with Crippen LogP contribution in [0.15, 0.2) is 182 Å². The number of aromatic nitrogens is 2. The molecular weight excluding hydrogens is 605 g/mol. The van der Waals surface area contributed by atoms with Crippen molar-refractivity contribution in [3.8, 4) is 44.6 Å². The Bertz CT molecular complexity index is 3170. The molecule has 2 heterocycles. The lowest BCUT2D eigenvalue weighted by molar-refractivity contribution is 1.33. The molecule has 2 nitrogen and oxygen atoms in total. The minimum Gasteiger partial charge on any atom is -0.265 e. The molecule has 2 aromatic heterocycles. The molecule has 0 spiro atoms. The molecule has 0 saturated heterocycles. The monoisotopic (exact) mass is 639 g/mol. The van der Waals surface area contributed by atoms with Crippen molar-refractivity contribution in [1.29, 1.82) is 0 Å². The van der Waals surface area contributed by atoms with Crippen molar-refractivity contribution in [2.24, 2.45) is 0 Å². The summed E-state index contributed by atoms with van der Waals surface area (Å²) in [6, 6.07) is 44.5.